The van der Waals surface area contributed by atoms with E-state index in [2.05, 4.69) is 4.98 Å². The molecule has 1 aromatic carbocycles. The Bertz CT molecular complexity index is 658. The fraction of sp³-hybridized carbons (Fsp3) is 0.0769. The van der Waals surface area contributed by atoms with Crippen LogP contribution >= 0.6 is 0 Å². The molecule has 0 aliphatic carbocycles. The highest BCUT2D eigenvalue weighted by molar-refractivity contribution is 5.94. The van der Waals surface area contributed by atoms with Crippen LogP contribution in [0.2, 0.25) is 0 Å². The van der Waals surface area contributed by atoms with Crippen molar-refractivity contribution < 1.29 is 14.8 Å². The van der Waals surface area contributed by atoms with Crippen molar-refractivity contribution in [1.29, 1.82) is 0 Å². The number of anilines is 2. The molecular formula is C13H11N3O4. The van der Waals surface area contributed by atoms with Crippen LogP contribution in [0.25, 0.3) is 0 Å². The maximum atomic E-state index is 11.1. The highest BCUT2D eigenvalue weighted by atomic mass is 16.6. The molecule has 0 spiro atoms. The first-order chi connectivity index (χ1) is 9.50. The monoisotopic (exact) mass is 273 g/mol. The number of hydrogen-bond donors (Lipinski definition) is 1. The second kappa shape index (κ2) is 5.35. The lowest BCUT2D eigenvalue weighted by atomic mass is 10.1. The number of aromatic carboxylic acids is 1. The number of aromatic nitrogens is 1. The van der Waals surface area contributed by atoms with Crippen LogP contribution in [0.3, 0.4) is 0 Å². The number of rotatable bonds is 4. The Hall–Kier alpha value is -2.96. The molecule has 0 aliphatic rings. The van der Waals surface area contributed by atoms with E-state index in [0.29, 0.717) is 5.69 Å². The van der Waals surface area contributed by atoms with Crippen molar-refractivity contribution in [3.05, 3.63) is 58.4 Å². The van der Waals surface area contributed by atoms with Gasteiger partial charge in [-0.05, 0) is 24.3 Å². The van der Waals surface area contributed by atoms with Crippen LogP contribution in [0.5, 0.6) is 0 Å². The van der Waals surface area contributed by atoms with Gasteiger partial charge in [0, 0.05) is 25.0 Å². The van der Waals surface area contributed by atoms with Crippen LogP contribution in [0, 0.1) is 10.1 Å². The third-order valence-corrected chi connectivity index (χ3v) is 2.83. The molecule has 0 bridgehead atoms. The van der Waals surface area contributed by atoms with Gasteiger partial charge in [-0.2, -0.15) is 0 Å². The van der Waals surface area contributed by atoms with Crippen molar-refractivity contribution in [1.82, 2.24) is 4.98 Å². The molecule has 2 rings (SSSR count). The molecule has 0 saturated heterocycles. The second-order valence-electron chi connectivity index (χ2n) is 4.03. The van der Waals surface area contributed by atoms with Crippen molar-refractivity contribution in [2.24, 2.45) is 0 Å². The minimum atomic E-state index is -1.34. The van der Waals surface area contributed by atoms with Gasteiger partial charge >= 0.3 is 5.97 Å². The average Bonchev–Trinajstić information content (AvgIpc) is 2.46. The smallest absolute Gasteiger partial charge is 0.342 e. The Morgan fingerprint density at radius 1 is 1.35 bits per heavy atom. The summed E-state index contributed by atoms with van der Waals surface area (Å²) >= 11 is 0. The topological polar surface area (TPSA) is 96.6 Å². The third-order valence-electron chi connectivity index (χ3n) is 2.83. The van der Waals surface area contributed by atoms with Crippen LogP contribution in [0.1, 0.15) is 10.4 Å². The summed E-state index contributed by atoms with van der Waals surface area (Å²) in [6.07, 6.45) is 3.23. The van der Waals surface area contributed by atoms with E-state index in [9.17, 15) is 14.9 Å². The van der Waals surface area contributed by atoms with Crippen LogP contribution in [-0.4, -0.2) is 28.0 Å². The lowest BCUT2D eigenvalue weighted by Crippen LogP contribution is -2.11. The van der Waals surface area contributed by atoms with E-state index in [1.807, 2.05) is 0 Å². The van der Waals surface area contributed by atoms with Gasteiger partial charge in [0.1, 0.15) is 5.56 Å². The van der Waals surface area contributed by atoms with Crippen LogP contribution in [0.15, 0.2) is 42.7 Å². The van der Waals surface area contributed by atoms with E-state index in [4.69, 9.17) is 5.11 Å². The van der Waals surface area contributed by atoms with E-state index in [-0.39, 0.29) is 5.56 Å². The Morgan fingerprint density at radius 3 is 2.65 bits per heavy atom. The number of hydrogen-bond acceptors (Lipinski definition) is 5. The van der Waals surface area contributed by atoms with Gasteiger partial charge in [-0.25, -0.2) is 4.79 Å². The van der Waals surface area contributed by atoms with Gasteiger partial charge in [-0.1, -0.05) is 0 Å². The summed E-state index contributed by atoms with van der Waals surface area (Å²) in [5.41, 5.74) is 0.503. The van der Waals surface area contributed by atoms with Crippen LogP contribution in [-0.2, 0) is 0 Å². The van der Waals surface area contributed by atoms with Gasteiger partial charge in [0.2, 0.25) is 0 Å². The van der Waals surface area contributed by atoms with Crippen molar-refractivity contribution in [3.8, 4) is 0 Å². The number of carboxylic acids is 1. The van der Waals surface area contributed by atoms with Crippen LogP contribution < -0.4 is 4.90 Å². The van der Waals surface area contributed by atoms with E-state index in [0.717, 1.165) is 5.69 Å². The van der Waals surface area contributed by atoms with Gasteiger partial charge < -0.3 is 10.0 Å². The second-order valence-corrected chi connectivity index (χ2v) is 4.03. The minimum absolute atomic E-state index is 0.344. The van der Waals surface area contributed by atoms with Crippen molar-refractivity contribution in [2.75, 3.05) is 11.9 Å². The van der Waals surface area contributed by atoms with E-state index in [1.165, 1.54) is 18.2 Å². The molecule has 1 N–H and O–H groups in total. The SMILES string of the molecule is CN(c1cccnc1)c1ccc([N+](=O)[O-])c(C(=O)O)c1. The number of nitro benzene ring substituents is 1. The largest absolute Gasteiger partial charge is 0.477 e. The van der Waals surface area contributed by atoms with Crippen molar-refractivity contribution in [3.63, 3.8) is 0 Å². The number of benzene rings is 1. The molecule has 0 aliphatic heterocycles. The van der Waals surface area contributed by atoms with Gasteiger partial charge in [0.25, 0.3) is 5.69 Å². The summed E-state index contributed by atoms with van der Waals surface area (Å²) in [4.78, 5) is 26.9. The zero-order chi connectivity index (χ0) is 14.7. The molecule has 1 aromatic heterocycles. The normalized spacial score (nSPS) is 10.1. The maximum absolute atomic E-state index is 11.1. The number of nitro groups is 1. The van der Waals surface area contributed by atoms with Crippen LogP contribution in [0.4, 0.5) is 17.1 Å². The Kier molecular flexibility index (Phi) is 3.60. The zero-order valence-electron chi connectivity index (χ0n) is 10.6. The zero-order valence-corrected chi connectivity index (χ0v) is 10.6. The molecule has 0 radical (unpaired) electrons. The Morgan fingerprint density at radius 2 is 2.10 bits per heavy atom. The van der Waals surface area contributed by atoms with Crippen molar-refractivity contribution >= 4 is 23.0 Å². The molecule has 0 unspecified atom stereocenters. The highest BCUT2D eigenvalue weighted by Gasteiger charge is 2.21. The fourth-order valence-electron chi connectivity index (χ4n) is 1.76. The third kappa shape index (κ3) is 2.56. The summed E-state index contributed by atoms with van der Waals surface area (Å²) in [6, 6.07) is 7.50. The first-order valence-corrected chi connectivity index (χ1v) is 5.66. The maximum Gasteiger partial charge on any atom is 0.342 e. The van der Waals surface area contributed by atoms with E-state index in [1.54, 1.807) is 36.5 Å². The quantitative estimate of drug-likeness (QED) is 0.678. The first kappa shape index (κ1) is 13.5. The molecule has 0 saturated carbocycles. The van der Waals surface area contributed by atoms with Crippen molar-refractivity contribution in [2.45, 2.75) is 0 Å². The summed E-state index contributed by atoms with van der Waals surface area (Å²) < 4.78 is 0. The van der Waals surface area contributed by atoms with E-state index >= 15 is 0 Å². The molecular weight excluding hydrogens is 262 g/mol. The lowest BCUT2D eigenvalue weighted by Gasteiger charge is -2.19. The standard InChI is InChI=1S/C13H11N3O4/c1-15(10-3-2-6-14-8-10)9-4-5-12(16(19)20)11(7-9)13(17)18/h2-8H,1H3,(H,17,18). The molecule has 0 atom stereocenters. The van der Waals surface area contributed by atoms with Gasteiger partial charge in [0.05, 0.1) is 16.8 Å². The summed E-state index contributed by atoms with van der Waals surface area (Å²) in [5, 5.41) is 19.9. The van der Waals surface area contributed by atoms with E-state index < -0.39 is 16.6 Å². The molecule has 7 nitrogen and oxygen atoms in total. The Labute approximate surface area is 114 Å². The number of nitrogens with zero attached hydrogens (tertiary/aromatic N) is 3. The summed E-state index contributed by atoms with van der Waals surface area (Å²) in [5.74, 6) is -1.34. The number of carbonyl (C=O) groups is 1. The number of pyridine rings is 1. The molecule has 102 valence electrons. The predicted octanol–water partition coefficient (Wildman–Crippen LogP) is 2.46. The minimum Gasteiger partial charge on any atom is -0.477 e. The molecule has 20 heavy (non-hydrogen) atoms. The highest BCUT2D eigenvalue weighted by Crippen LogP contribution is 2.28. The molecule has 1 heterocycles. The predicted molar refractivity (Wildman–Crippen MR) is 72.4 cm³/mol. The lowest BCUT2D eigenvalue weighted by molar-refractivity contribution is -0.385. The molecule has 2 aromatic rings. The van der Waals surface area contributed by atoms with Gasteiger partial charge in [-0.15, -0.1) is 0 Å². The van der Waals surface area contributed by atoms with Gasteiger partial charge in [-0.3, -0.25) is 15.1 Å². The first-order valence-electron chi connectivity index (χ1n) is 5.66. The summed E-state index contributed by atoms with van der Waals surface area (Å²) in [7, 11) is 1.73. The summed E-state index contributed by atoms with van der Waals surface area (Å²) in [6.45, 7) is 0. The van der Waals surface area contributed by atoms with Gasteiger partial charge in [0.15, 0.2) is 0 Å². The molecule has 0 amide bonds. The fourth-order valence-corrected chi connectivity index (χ4v) is 1.76. The number of carboxylic acid groups (broad SMARTS) is 1. The molecule has 0 fully saturated rings. The average molecular weight is 273 g/mol. The Balaban J connectivity index is 2.46. The molecule has 7 heteroatoms.